The smallest absolute Gasteiger partial charge is 0.233 e. The van der Waals surface area contributed by atoms with Crippen molar-refractivity contribution in [2.75, 3.05) is 18.8 Å². The molecule has 3 nitrogen and oxygen atoms in total. The number of nitrogens with zero attached hydrogens (tertiary/aromatic N) is 1. The van der Waals surface area contributed by atoms with Gasteiger partial charge >= 0.3 is 0 Å². The van der Waals surface area contributed by atoms with E-state index in [2.05, 4.69) is 0 Å². The second-order valence-corrected chi connectivity index (χ2v) is 5.85. The molecule has 0 spiro atoms. The summed E-state index contributed by atoms with van der Waals surface area (Å²) in [5.74, 6) is 0.0604. The van der Waals surface area contributed by atoms with Crippen LogP contribution in [0.2, 0.25) is 0 Å². The average molecular weight is 269 g/mol. The van der Waals surface area contributed by atoms with Crippen LogP contribution in [0.4, 0.5) is 4.39 Å². The first kappa shape index (κ1) is 13.4. The quantitative estimate of drug-likeness (QED) is 0.852. The highest BCUT2D eigenvalue weighted by Gasteiger charge is 2.33. The molecule has 1 heterocycles. The van der Waals surface area contributed by atoms with E-state index in [1.54, 1.807) is 24.0 Å². The van der Waals surface area contributed by atoms with Gasteiger partial charge in [0.05, 0.1) is 11.4 Å². The van der Waals surface area contributed by atoms with E-state index in [-0.39, 0.29) is 11.7 Å². The van der Waals surface area contributed by atoms with E-state index >= 15 is 0 Å². The van der Waals surface area contributed by atoms with Crippen LogP contribution in [0.25, 0.3) is 0 Å². The van der Waals surface area contributed by atoms with Crippen LogP contribution in [0.3, 0.4) is 0 Å². The minimum atomic E-state index is -0.754. The summed E-state index contributed by atoms with van der Waals surface area (Å²) in [4.78, 5) is 14.4. The predicted molar refractivity (Wildman–Crippen MR) is 68.9 cm³/mol. The lowest BCUT2D eigenvalue weighted by atomic mass is 10.1. The maximum Gasteiger partial charge on any atom is 0.233 e. The van der Waals surface area contributed by atoms with E-state index in [0.29, 0.717) is 25.3 Å². The van der Waals surface area contributed by atoms with E-state index in [0.717, 1.165) is 4.90 Å². The Hall–Kier alpha value is -1.07. The fourth-order valence-electron chi connectivity index (χ4n) is 1.93. The van der Waals surface area contributed by atoms with Gasteiger partial charge in [-0.25, -0.2) is 4.39 Å². The van der Waals surface area contributed by atoms with E-state index in [4.69, 9.17) is 0 Å². The van der Waals surface area contributed by atoms with Gasteiger partial charge in [-0.05, 0) is 37.6 Å². The van der Waals surface area contributed by atoms with E-state index in [1.807, 2.05) is 0 Å². The maximum absolute atomic E-state index is 12.7. The Kier molecular flexibility index (Phi) is 3.92. The summed E-state index contributed by atoms with van der Waals surface area (Å²) in [6.07, 6.45) is 0.625. The normalized spacial score (nSPS) is 23.4. The Bertz CT molecular complexity index is 433. The van der Waals surface area contributed by atoms with Crippen molar-refractivity contribution < 1.29 is 14.3 Å². The standard InChI is InChI=1S/C13H16FNO2S/c1-13(17)6-7-15(9-13)12(16)8-18-11-4-2-10(14)3-5-11/h2-5,17H,6-9H2,1H3. The summed E-state index contributed by atoms with van der Waals surface area (Å²) in [6.45, 7) is 2.75. The van der Waals surface area contributed by atoms with E-state index in [1.165, 1.54) is 23.9 Å². The monoisotopic (exact) mass is 269 g/mol. The first-order chi connectivity index (χ1) is 8.46. The molecule has 1 atom stereocenters. The molecular formula is C13H16FNO2S. The highest BCUT2D eigenvalue weighted by molar-refractivity contribution is 8.00. The summed E-state index contributed by atoms with van der Waals surface area (Å²) in [6, 6.07) is 6.09. The molecule has 0 radical (unpaired) electrons. The van der Waals surface area contributed by atoms with Gasteiger partial charge < -0.3 is 10.0 Å². The van der Waals surface area contributed by atoms with Crippen molar-refractivity contribution in [1.82, 2.24) is 4.90 Å². The maximum atomic E-state index is 12.7. The number of carbonyl (C=O) groups is 1. The minimum Gasteiger partial charge on any atom is -0.388 e. The zero-order valence-electron chi connectivity index (χ0n) is 10.2. The molecule has 0 bridgehead atoms. The van der Waals surface area contributed by atoms with Gasteiger partial charge in [0, 0.05) is 18.0 Å². The number of likely N-dealkylation sites (tertiary alicyclic amines) is 1. The van der Waals surface area contributed by atoms with Crippen LogP contribution in [0.1, 0.15) is 13.3 Å². The summed E-state index contributed by atoms with van der Waals surface area (Å²) in [5, 5.41) is 9.79. The molecular weight excluding hydrogens is 253 g/mol. The summed E-state index contributed by atoms with van der Waals surface area (Å²) in [7, 11) is 0. The fraction of sp³-hybridized carbons (Fsp3) is 0.462. The number of halogens is 1. The molecule has 0 aliphatic carbocycles. The molecule has 18 heavy (non-hydrogen) atoms. The molecule has 2 rings (SSSR count). The fourth-order valence-corrected chi connectivity index (χ4v) is 2.73. The van der Waals surface area contributed by atoms with Gasteiger partial charge in [-0.15, -0.1) is 11.8 Å². The number of amides is 1. The van der Waals surface area contributed by atoms with Crippen LogP contribution in [-0.2, 0) is 4.79 Å². The molecule has 5 heteroatoms. The molecule has 1 aromatic carbocycles. The number of aliphatic hydroxyl groups is 1. The van der Waals surface area contributed by atoms with Crippen molar-refractivity contribution in [2.45, 2.75) is 23.8 Å². The molecule has 1 unspecified atom stereocenters. The molecule has 1 saturated heterocycles. The van der Waals surface area contributed by atoms with Gasteiger partial charge in [0.1, 0.15) is 5.82 Å². The number of hydrogen-bond donors (Lipinski definition) is 1. The number of benzene rings is 1. The molecule has 1 aliphatic heterocycles. The van der Waals surface area contributed by atoms with Crippen molar-refractivity contribution in [3.05, 3.63) is 30.1 Å². The lowest BCUT2D eigenvalue weighted by Crippen LogP contribution is -2.34. The summed E-state index contributed by atoms with van der Waals surface area (Å²) < 4.78 is 12.7. The Morgan fingerprint density at radius 3 is 2.72 bits per heavy atom. The van der Waals surface area contributed by atoms with E-state index < -0.39 is 5.60 Å². The molecule has 1 fully saturated rings. The molecule has 1 aliphatic rings. The molecule has 1 N–H and O–H groups in total. The Balaban J connectivity index is 1.84. The highest BCUT2D eigenvalue weighted by Crippen LogP contribution is 2.23. The SMILES string of the molecule is CC1(O)CCN(C(=O)CSc2ccc(F)cc2)C1. The lowest BCUT2D eigenvalue weighted by Gasteiger charge is -2.18. The van der Waals surface area contributed by atoms with Crippen molar-refractivity contribution in [3.63, 3.8) is 0 Å². The minimum absolute atomic E-state index is 0.0158. The molecule has 0 saturated carbocycles. The molecule has 0 aromatic heterocycles. The van der Waals surface area contributed by atoms with Crippen molar-refractivity contribution in [3.8, 4) is 0 Å². The third kappa shape index (κ3) is 3.46. The predicted octanol–water partition coefficient (Wildman–Crippen LogP) is 1.90. The van der Waals surface area contributed by atoms with Crippen LogP contribution in [0, 0.1) is 5.82 Å². The number of carbonyl (C=O) groups excluding carboxylic acids is 1. The Morgan fingerprint density at radius 2 is 2.17 bits per heavy atom. The summed E-state index contributed by atoms with van der Waals surface area (Å²) in [5.41, 5.74) is -0.754. The van der Waals surface area contributed by atoms with Gasteiger partial charge in [-0.2, -0.15) is 0 Å². The van der Waals surface area contributed by atoms with Crippen molar-refractivity contribution in [1.29, 1.82) is 0 Å². The molecule has 1 aromatic rings. The second-order valence-electron chi connectivity index (χ2n) is 4.80. The number of thioether (sulfide) groups is 1. The summed E-state index contributed by atoms with van der Waals surface area (Å²) >= 11 is 1.38. The number of hydrogen-bond acceptors (Lipinski definition) is 3. The zero-order chi connectivity index (χ0) is 13.2. The van der Waals surface area contributed by atoms with Gasteiger partial charge in [-0.3, -0.25) is 4.79 Å². The molecule has 98 valence electrons. The largest absolute Gasteiger partial charge is 0.388 e. The topological polar surface area (TPSA) is 40.5 Å². The zero-order valence-corrected chi connectivity index (χ0v) is 11.0. The van der Waals surface area contributed by atoms with Crippen LogP contribution < -0.4 is 0 Å². The van der Waals surface area contributed by atoms with Gasteiger partial charge in [0.2, 0.25) is 5.91 Å². The molecule has 1 amide bonds. The van der Waals surface area contributed by atoms with Crippen LogP contribution in [0.5, 0.6) is 0 Å². The third-order valence-electron chi connectivity index (χ3n) is 2.98. The first-order valence-electron chi connectivity index (χ1n) is 5.85. The third-order valence-corrected chi connectivity index (χ3v) is 3.98. The number of rotatable bonds is 3. The van der Waals surface area contributed by atoms with Gasteiger partial charge in [-0.1, -0.05) is 0 Å². The first-order valence-corrected chi connectivity index (χ1v) is 6.83. The van der Waals surface area contributed by atoms with Crippen LogP contribution in [0.15, 0.2) is 29.2 Å². The number of β-amino-alcohol motifs (C(OH)–C–C–N with tert-alkyl or cyclic N) is 1. The van der Waals surface area contributed by atoms with Crippen molar-refractivity contribution in [2.24, 2.45) is 0 Å². The average Bonchev–Trinajstić information content (AvgIpc) is 2.69. The highest BCUT2D eigenvalue weighted by atomic mass is 32.2. The Labute approximate surface area is 110 Å². The Morgan fingerprint density at radius 1 is 1.50 bits per heavy atom. The second kappa shape index (κ2) is 5.28. The van der Waals surface area contributed by atoms with Gasteiger partial charge in [0.25, 0.3) is 0 Å². The van der Waals surface area contributed by atoms with Crippen LogP contribution in [-0.4, -0.2) is 40.4 Å². The van der Waals surface area contributed by atoms with Gasteiger partial charge in [0.15, 0.2) is 0 Å². The van der Waals surface area contributed by atoms with Crippen LogP contribution >= 0.6 is 11.8 Å². The van der Waals surface area contributed by atoms with E-state index in [9.17, 15) is 14.3 Å². The van der Waals surface area contributed by atoms with Crippen molar-refractivity contribution >= 4 is 17.7 Å². The lowest BCUT2D eigenvalue weighted by molar-refractivity contribution is -0.128.